The number of nitrogens with zero attached hydrogens (tertiary/aromatic N) is 3. The quantitative estimate of drug-likeness (QED) is 0.601. The summed E-state index contributed by atoms with van der Waals surface area (Å²) in [5.41, 5.74) is 1.98. The second-order valence-electron chi connectivity index (χ2n) is 8.91. The van der Waals surface area contributed by atoms with Gasteiger partial charge in [-0.25, -0.2) is 4.39 Å². The van der Waals surface area contributed by atoms with Crippen molar-refractivity contribution in [3.05, 3.63) is 76.0 Å². The van der Waals surface area contributed by atoms with Gasteiger partial charge in [0.1, 0.15) is 5.82 Å². The number of halogens is 1. The summed E-state index contributed by atoms with van der Waals surface area (Å²) in [4.78, 5) is 19.5. The van der Waals surface area contributed by atoms with Crippen LogP contribution in [0.1, 0.15) is 41.7 Å². The van der Waals surface area contributed by atoms with Gasteiger partial charge in [-0.15, -0.1) is 11.3 Å². The number of amides is 1. The Bertz CT molecular complexity index is 1310. The summed E-state index contributed by atoms with van der Waals surface area (Å²) in [6, 6.07) is 13.5. The lowest BCUT2D eigenvalue weighted by atomic mass is 9.76. The smallest absolute Gasteiger partial charge is 0.239 e. The van der Waals surface area contributed by atoms with Gasteiger partial charge in [0.25, 0.3) is 0 Å². The number of hydrogen-bond acceptors (Lipinski definition) is 5. The van der Waals surface area contributed by atoms with Crippen LogP contribution < -0.4 is 5.32 Å². The Morgan fingerprint density at radius 1 is 1.24 bits per heavy atom. The molecule has 0 bridgehead atoms. The highest BCUT2D eigenvalue weighted by atomic mass is 32.1. The zero-order valence-corrected chi connectivity index (χ0v) is 19.0. The van der Waals surface area contributed by atoms with Crippen LogP contribution in [0.25, 0.3) is 11.1 Å². The molecule has 6 nitrogen and oxygen atoms in total. The molecule has 8 heteroatoms. The Morgan fingerprint density at radius 3 is 2.61 bits per heavy atom. The molecule has 5 rings (SSSR count). The number of hydrogen-bond donors (Lipinski definition) is 2. The highest BCUT2D eigenvalue weighted by Crippen LogP contribution is 2.49. The molecule has 1 aliphatic carbocycles. The predicted molar refractivity (Wildman–Crippen MR) is 124 cm³/mol. The maximum Gasteiger partial charge on any atom is 0.239 e. The number of pyridine rings is 1. The van der Waals surface area contributed by atoms with Gasteiger partial charge in [0.15, 0.2) is 5.96 Å². The van der Waals surface area contributed by atoms with E-state index in [0.717, 1.165) is 40.6 Å². The molecule has 33 heavy (non-hydrogen) atoms. The number of benzene rings is 1. The number of carbonyl (C=O) groups excluding carboxylic acids is 1. The molecule has 166 valence electrons. The van der Waals surface area contributed by atoms with E-state index in [1.165, 1.54) is 22.3 Å². The molecule has 2 fully saturated rings. The number of aromatic nitrogens is 1. The average molecular weight is 460 g/mol. The van der Waals surface area contributed by atoms with Crippen molar-refractivity contribution in [2.75, 3.05) is 7.05 Å². The lowest BCUT2D eigenvalue weighted by molar-refractivity contribution is -0.131. The molecule has 1 amide bonds. The Hall–Kier alpha value is -3.57. The largest absolute Gasteiger partial charge is 0.345 e. The summed E-state index contributed by atoms with van der Waals surface area (Å²) >= 11 is 1.46. The van der Waals surface area contributed by atoms with Crippen LogP contribution in [0.5, 0.6) is 0 Å². The third-order valence-electron chi connectivity index (χ3n) is 6.78. The van der Waals surface area contributed by atoms with Crippen LogP contribution in [0.2, 0.25) is 0 Å². The fourth-order valence-electron chi connectivity index (χ4n) is 4.55. The Morgan fingerprint density at radius 2 is 1.97 bits per heavy atom. The van der Waals surface area contributed by atoms with Gasteiger partial charge in [0.05, 0.1) is 29.1 Å². The van der Waals surface area contributed by atoms with Gasteiger partial charge in [0, 0.05) is 23.7 Å². The van der Waals surface area contributed by atoms with E-state index < -0.39 is 22.7 Å². The van der Waals surface area contributed by atoms with Crippen molar-refractivity contribution in [3.63, 3.8) is 0 Å². The second kappa shape index (κ2) is 7.49. The zero-order chi connectivity index (χ0) is 23.4. The second-order valence-corrected chi connectivity index (χ2v) is 9.82. The van der Waals surface area contributed by atoms with Crippen LogP contribution in [-0.2, 0) is 15.7 Å². The molecular formula is C25H22FN5OS. The van der Waals surface area contributed by atoms with Gasteiger partial charge in [-0.05, 0) is 54.0 Å². The van der Waals surface area contributed by atoms with Gasteiger partial charge < -0.3 is 5.32 Å². The third-order valence-corrected chi connectivity index (χ3v) is 7.95. The van der Waals surface area contributed by atoms with Gasteiger partial charge in [-0.2, -0.15) is 5.26 Å². The Labute approximate surface area is 195 Å². The van der Waals surface area contributed by atoms with Gasteiger partial charge in [-0.3, -0.25) is 20.1 Å². The molecule has 1 saturated heterocycles. The first-order valence-electron chi connectivity index (χ1n) is 10.6. The van der Waals surface area contributed by atoms with E-state index in [-0.39, 0.29) is 11.9 Å². The normalized spacial score (nSPS) is 23.7. The van der Waals surface area contributed by atoms with Crippen LogP contribution in [0.15, 0.2) is 54.2 Å². The van der Waals surface area contributed by atoms with E-state index in [2.05, 4.69) is 16.4 Å². The highest BCUT2D eigenvalue weighted by molar-refractivity contribution is 7.10. The first-order valence-corrected chi connectivity index (χ1v) is 11.5. The van der Waals surface area contributed by atoms with Crippen LogP contribution in [-0.4, -0.2) is 28.8 Å². The van der Waals surface area contributed by atoms with Gasteiger partial charge >= 0.3 is 0 Å². The molecule has 0 spiro atoms. The molecular weight excluding hydrogens is 437 g/mol. The molecule has 2 atom stereocenters. The third kappa shape index (κ3) is 3.40. The van der Waals surface area contributed by atoms with E-state index in [1.54, 1.807) is 13.2 Å². The Kier molecular flexibility index (Phi) is 4.83. The zero-order valence-electron chi connectivity index (χ0n) is 18.2. The van der Waals surface area contributed by atoms with Crippen molar-refractivity contribution in [2.45, 2.75) is 36.6 Å². The standard InChI is InChI=1S/C25H22FN5OS/c1-24(20-10-17(13-33-20)16-9-19(26)12-29-11-16)21(22(32)31(2)23(28)30-24)15-3-5-18(6-4-15)25(14-27)7-8-25/h3-6,9-13,21H,7-8H2,1-2H3,(H2,28,30)/t21-,24+/m0/s1. The summed E-state index contributed by atoms with van der Waals surface area (Å²) in [6.45, 7) is 1.92. The van der Waals surface area contributed by atoms with Crippen molar-refractivity contribution in [3.8, 4) is 17.2 Å². The maximum absolute atomic E-state index is 13.7. The predicted octanol–water partition coefficient (Wildman–Crippen LogP) is 4.50. The lowest BCUT2D eigenvalue weighted by Gasteiger charge is -2.45. The van der Waals surface area contributed by atoms with Crippen LogP contribution >= 0.6 is 11.3 Å². The minimum absolute atomic E-state index is 0.0270. The van der Waals surface area contributed by atoms with Crippen molar-refractivity contribution < 1.29 is 9.18 Å². The summed E-state index contributed by atoms with van der Waals surface area (Å²) in [5, 5.41) is 23.0. The topological polar surface area (TPSA) is 92.9 Å². The van der Waals surface area contributed by atoms with E-state index in [1.807, 2.05) is 42.6 Å². The first kappa shape index (κ1) is 21.3. The molecule has 2 N–H and O–H groups in total. The van der Waals surface area contributed by atoms with Crippen molar-refractivity contribution >= 4 is 23.2 Å². The van der Waals surface area contributed by atoms with Crippen LogP contribution in [0, 0.1) is 22.6 Å². The van der Waals surface area contributed by atoms with Gasteiger partial charge in [0.2, 0.25) is 5.91 Å². The van der Waals surface area contributed by atoms with E-state index in [9.17, 15) is 14.4 Å². The molecule has 1 saturated carbocycles. The number of likely N-dealkylation sites (N-methyl/N-ethyl adjacent to an activating group) is 1. The van der Waals surface area contributed by atoms with Gasteiger partial charge in [-0.1, -0.05) is 24.3 Å². The number of thiophene rings is 1. The highest BCUT2D eigenvalue weighted by Gasteiger charge is 2.50. The number of nitrogens with one attached hydrogen (secondary N) is 2. The monoisotopic (exact) mass is 459 g/mol. The average Bonchev–Trinajstić information content (AvgIpc) is 3.44. The summed E-state index contributed by atoms with van der Waals surface area (Å²) in [6.07, 6.45) is 4.48. The number of guanidine groups is 1. The molecule has 2 aromatic heterocycles. The van der Waals surface area contributed by atoms with Crippen molar-refractivity contribution in [1.82, 2.24) is 15.2 Å². The van der Waals surface area contributed by atoms with E-state index >= 15 is 0 Å². The molecule has 1 aliphatic heterocycles. The molecule has 2 aliphatic rings. The number of nitriles is 1. The fraction of sp³-hybridized carbons (Fsp3) is 0.280. The molecule has 1 aromatic carbocycles. The van der Waals surface area contributed by atoms with Crippen LogP contribution in [0.4, 0.5) is 4.39 Å². The van der Waals surface area contributed by atoms with Crippen LogP contribution in [0.3, 0.4) is 0 Å². The molecule has 3 heterocycles. The minimum atomic E-state index is -0.877. The Balaban J connectivity index is 1.56. The van der Waals surface area contributed by atoms with E-state index in [0.29, 0.717) is 5.56 Å². The van der Waals surface area contributed by atoms with Crippen molar-refractivity contribution in [1.29, 1.82) is 10.7 Å². The lowest BCUT2D eigenvalue weighted by Crippen LogP contribution is -2.62. The molecule has 3 aromatic rings. The first-order chi connectivity index (χ1) is 15.8. The minimum Gasteiger partial charge on any atom is -0.345 e. The maximum atomic E-state index is 13.7. The summed E-state index contributed by atoms with van der Waals surface area (Å²) < 4.78 is 13.7. The number of carbonyl (C=O) groups is 1. The molecule has 0 radical (unpaired) electrons. The fourth-order valence-corrected chi connectivity index (χ4v) is 5.61. The summed E-state index contributed by atoms with van der Waals surface area (Å²) in [5.74, 6) is -1.15. The molecule has 0 unspecified atom stereocenters. The van der Waals surface area contributed by atoms with Crippen molar-refractivity contribution in [2.24, 2.45) is 0 Å². The van der Waals surface area contributed by atoms with E-state index in [4.69, 9.17) is 5.41 Å². The summed E-state index contributed by atoms with van der Waals surface area (Å²) in [7, 11) is 1.59. The number of rotatable bonds is 4. The SMILES string of the molecule is CN1C(=N)N[C@](C)(c2cc(-c3cncc(F)c3)cs2)[C@@H](c2ccc(C3(C#N)CC3)cc2)C1=O.